The average molecular weight is 437 g/mol. The van der Waals surface area contributed by atoms with Gasteiger partial charge < -0.3 is 19.0 Å². The highest BCUT2D eigenvalue weighted by Crippen LogP contribution is 2.21. The maximum absolute atomic E-state index is 12.7. The lowest BCUT2D eigenvalue weighted by Gasteiger charge is -2.14. The minimum atomic E-state index is -0.512. The molecule has 0 radical (unpaired) electrons. The van der Waals surface area contributed by atoms with Gasteiger partial charge in [-0.2, -0.15) is 0 Å². The van der Waals surface area contributed by atoms with Gasteiger partial charge in [-0.1, -0.05) is 12.1 Å². The summed E-state index contributed by atoms with van der Waals surface area (Å²) in [6.07, 6.45) is 2.51. The molecule has 1 saturated heterocycles. The molecule has 32 heavy (non-hydrogen) atoms. The first kappa shape index (κ1) is 22.0. The second-order valence-corrected chi connectivity index (χ2v) is 8.14. The van der Waals surface area contributed by atoms with Crippen LogP contribution in [0.5, 0.6) is 0 Å². The summed E-state index contributed by atoms with van der Waals surface area (Å²) in [7, 11) is 0. The fourth-order valence-electron chi connectivity index (χ4n) is 4.13. The van der Waals surface area contributed by atoms with Crippen LogP contribution in [0, 0.1) is 13.8 Å². The van der Waals surface area contributed by atoms with Crippen LogP contribution >= 0.6 is 0 Å². The molecule has 3 aromatic rings. The van der Waals surface area contributed by atoms with Crippen LogP contribution in [0.3, 0.4) is 0 Å². The largest absolute Gasteiger partial charge is 0.457 e. The number of rotatable bonds is 8. The van der Waals surface area contributed by atoms with E-state index in [0.717, 1.165) is 37.4 Å². The number of Topliss-reactive ketones (excluding diaryl/α,β-unsaturated/α-hetero) is 1. The molecule has 1 aliphatic rings. The van der Waals surface area contributed by atoms with Crippen LogP contribution in [-0.2, 0) is 27.2 Å². The first-order valence-electron chi connectivity index (χ1n) is 10.9. The lowest BCUT2D eigenvalue weighted by molar-refractivity contribution is -0.142. The fourth-order valence-corrected chi connectivity index (χ4v) is 4.13. The number of para-hydroxylation sites is 1. The molecule has 3 heterocycles. The van der Waals surface area contributed by atoms with Gasteiger partial charge in [0.05, 0.1) is 23.4 Å². The first-order chi connectivity index (χ1) is 15.4. The van der Waals surface area contributed by atoms with Gasteiger partial charge in [-0.3, -0.25) is 14.4 Å². The number of hydrogen-bond donors (Lipinski definition) is 1. The molecule has 168 valence electrons. The molecule has 1 aliphatic heterocycles. The van der Waals surface area contributed by atoms with Crippen molar-refractivity contribution in [2.75, 3.05) is 13.2 Å². The Balaban J connectivity index is 1.32. The molecule has 4 rings (SSSR count). The van der Waals surface area contributed by atoms with E-state index >= 15 is 0 Å². The summed E-state index contributed by atoms with van der Waals surface area (Å²) in [4.78, 5) is 44.0. The van der Waals surface area contributed by atoms with E-state index in [9.17, 15) is 14.4 Å². The molecule has 8 heteroatoms. The number of nitrogens with zero attached hydrogens (tertiary/aromatic N) is 2. The zero-order chi connectivity index (χ0) is 22.7. The first-order valence-corrected chi connectivity index (χ1v) is 10.9. The number of carbonyl (C=O) groups excluding carboxylic acids is 2. The number of aromatic amines is 1. The van der Waals surface area contributed by atoms with Crippen molar-refractivity contribution < 1.29 is 19.1 Å². The Labute approximate surface area is 185 Å². The second-order valence-electron chi connectivity index (χ2n) is 8.14. The fraction of sp³-hybridized carbons (Fsp3) is 0.417. The number of hydrogen-bond acceptors (Lipinski definition) is 6. The van der Waals surface area contributed by atoms with Gasteiger partial charge >= 0.3 is 5.97 Å². The van der Waals surface area contributed by atoms with Crippen LogP contribution in [0.25, 0.3) is 10.9 Å². The molecule has 0 saturated carbocycles. The van der Waals surface area contributed by atoms with E-state index in [2.05, 4.69) is 14.5 Å². The van der Waals surface area contributed by atoms with Crippen molar-refractivity contribution in [3.05, 3.63) is 63.5 Å². The highest BCUT2D eigenvalue weighted by atomic mass is 16.5. The Morgan fingerprint density at radius 2 is 2.09 bits per heavy atom. The molecule has 1 aromatic carbocycles. The van der Waals surface area contributed by atoms with E-state index in [1.165, 1.54) is 0 Å². The number of fused-ring (bicyclic) bond motifs is 1. The normalized spacial score (nSPS) is 15.9. The van der Waals surface area contributed by atoms with E-state index in [4.69, 9.17) is 9.47 Å². The van der Waals surface area contributed by atoms with Gasteiger partial charge in [0, 0.05) is 36.5 Å². The van der Waals surface area contributed by atoms with Gasteiger partial charge in [0.15, 0.2) is 6.61 Å². The molecule has 1 N–H and O–H groups in total. The zero-order valence-electron chi connectivity index (χ0n) is 18.3. The smallest absolute Gasteiger partial charge is 0.306 e. The maximum Gasteiger partial charge on any atom is 0.306 e. The zero-order valence-corrected chi connectivity index (χ0v) is 18.3. The number of aryl methyl sites for hydroxylation is 2. The minimum Gasteiger partial charge on any atom is -0.457 e. The number of benzene rings is 1. The summed E-state index contributed by atoms with van der Waals surface area (Å²) in [5.74, 6) is -0.334. The third-order valence-electron chi connectivity index (χ3n) is 5.88. The van der Waals surface area contributed by atoms with Crippen molar-refractivity contribution in [1.82, 2.24) is 14.5 Å². The number of ether oxygens (including phenoxy) is 2. The third-order valence-corrected chi connectivity index (χ3v) is 5.88. The van der Waals surface area contributed by atoms with Crippen molar-refractivity contribution in [3.63, 3.8) is 0 Å². The van der Waals surface area contributed by atoms with Crippen molar-refractivity contribution >= 4 is 22.7 Å². The Kier molecular flexibility index (Phi) is 6.50. The summed E-state index contributed by atoms with van der Waals surface area (Å²) in [5.41, 5.74) is 2.74. The Bertz CT molecular complexity index is 1200. The number of esters is 1. The molecule has 8 nitrogen and oxygen atoms in total. The van der Waals surface area contributed by atoms with Crippen molar-refractivity contribution in [2.24, 2.45) is 0 Å². The average Bonchev–Trinajstić information content (AvgIpc) is 3.40. The molecule has 0 unspecified atom stereocenters. The topological polar surface area (TPSA) is 103 Å². The van der Waals surface area contributed by atoms with Crippen LogP contribution < -0.4 is 5.56 Å². The van der Waals surface area contributed by atoms with Crippen molar-refractivity contribution in [1.29, 1.82) is 0 Å². The molecule has 0 spiro atoms. The van der Waals surface area contributed by atoms with Gasteiger partial charge in [0.2, 0.25) is 5.78 Å². The van der Waals surface area contributed by atoms with Crippen molar-refractivity contribution in [2.45, 2.75) is 52.2 Å². The highest BCUT2D eigenvalue weighted by Gasteiger charge is 2.21. The van der Waals surface area contributed by atoms with E-state index in [0.29, 0.717) is 22.3 Å². The number of aromatic nitrogens is 3. The number of nitrogens with one attached hydrogen (secondary N) is 1. The molecular weight excluding hydrogens is 410 g/mol. The van der Waals surface area contributed by atoms with Crippen molar-refractivity contribution in [3.8, 4) is 0 Å². The predicted octanol–water partition coefficient (Wildman–Crippen LogP) is 2.88. The van der Waals surface area contributed by atoms with Crippen LogP contribution in [0.15, 0.2) is 35.1 Å². The minimum absolute atomic E-state index is 0.0204. The summed E-state index contributed by atoms with van der Waals surface area (Å²) in [5, 5.41) is 0.501. The molecule has 1 fully saturated rings. The summed E-state index contributed by atoms with van der Waals surface area (Å²) < 4.78 is 13.0. The van der Waals surface area contributed by atoms with Gasteiger partial charge in [0.1, 0.15) is 5.82 Å². The number of carbonyl (C=O) groups is 2. The predicted molar refractivity (Wildman–Crippen MR) is 119 cm³/mol. The SMILES string of the molecule is Cc1cc(C(=O)COC(=O)CCc2nc3ccccc3c(=O)[nH]2)c(C)n1C[C@H]1CCCO1. The lowest BCUT2D eigenvalue weighted by Crippen LogP contribution is -2.18. The van der Waals surface area contributed by atoms with Crippen LogP contribution in [-0.4, -0.2) is 45.6 Å². The molecule has 2 aromatic heterocycles. The second kappa shape index (κ2) is 9.48. The van der Waals surface area contributed by atoms with E-state index in [1.807, 2.05) is 19.9 Å². The van der Waals surface area contributed by atoms with Crippen LogP contribution in [0.4, 0.5) is 0 Å². The van der Waals surface area contributed by atoms with Gasteiger partial charge in [-0.25, -0.2) is 4.98 Å². The van der Waals surface area contributed by atoms with E-state index in [1.54, 1.807) is 24.3 Å². The van der Waals surface area contributed by atoms with Gasteiger partial charge in [-0.15, -0.1) is 0 Å². The van der Waals surface area contributed by atoms with E-state index in [-0.39, 0.29) is 36.9 Å². The molecule has 0 amide bonds. The Morgan fingerprint density at radius 3 is 2.88 bits per heavy atom. The van der Waals surface area contributed by atoms with Crippen LogP contribution in [0.2, 0.25) is 0 Å². The molecule has 0 aliphatic carbocycles. The van der Waals surface area contributed by atoms with Gasteiger partial charge in [0.25, 0.3) is 5.56 Å². The lowest BCUT2D eigenvalue weighted by atomic mass is 10.1. The summed E-state index contributed by atoms with van der Waals surface area (Å²) in [6.45, 7) is 5.06. The molecule has 1 atom stereocenters. The molecule has 0 bridgehead atoms. The van der Waals surface area contributed by atoms with E-state index < -0.39 is 5.97 Å². The Hall–Kier alpha value is -3.26. The maximum atomic E-state index is 12.7. The standard InChI is InChI=1S/C24H27N3O5/c1-15-12-19(16(2)27(15)13-17-6-5-11-31-17)21(28)14-32-23(29)10-9-22-25-20-8-4-3-7-18(20)24(30)26-22/h3-4,7-8,12,17H,5-6,9-11,13-14H2,1-2H3,(H,25,26,30)/t17-/m1/s1. The summed E-state index contributed by atoms with van der Waals surface area (Å²) in [6, 6.07) is 8.86. The number of ketones is 1. The quantitative estimate of drug-likeness (QED) is 0.429. The monoisotopic (exact) mass is 437 g/mol. The van der Waals surface area contributed by atoms with Crippen LogP contribution in [0.1, 0.15) is 46.8 Å². The molecular formula is C24H27N3O5. The van der Waals surface area contributed by atoms with Gasteiger partial charge in [-0.05, 0) is 44.9 Å². The third kappa shape index (κ3) is 4.80. The summed E-state index contributed by atoms with van der Waals surface area (Å²) >= 11 is 0. The number of H-pyrrole nitrogens is 1. The highest BCUT2D eigenvalue weighted by molar-refractivity contribution is 5.99. The Morgan fingerprint density at radius 1 is 1.28 bits per heavy atom.